The highest BCUT2D eigenvalue weighted by atomic mass is 127. The van der Waals surface area contributed by atoms with Crippen molar-refractivity contribution in [3.8, 4) is 0 Å². The predicted octanol–water partition coefficient (Wildman–Crippen LogP) is 2.61. The second-order valence-corrected chi connectivity index (χ2v) is 7.31. The standard InChI is InChI=1S/C18H32N6.HI/c1-22-11-7-8-15(17(22)16-9-10-21-23(16)2)14-20-18(19)24-12-5-3-4-6-13-24;/h9-10,15,17H,3-8,11-14H2,1-2H3,(H2,19,20);1H/t15-,17+;/m0./s1. The monoisotopic (exact) mass is 460 g/mol. The van der Waals surface area contributed by atoms with Gasteiger partial charge < -0.3 is 10.6 Å². The molecule has 0 radical (unpaired) electrons. The zero-order chi connectivity index (χ0) is 16.9. The highest BCUT2D eigenvalue weighted by Crippen LogP contribution is 2.34. The number of nitrogens with two attached hydrogens (primary N) is 1. The van der Waals surface area contributed by atoms with Gasteiger partial charge in [0, 0.05) is 32.9 Å². The summed E-state index contributed by atoms with van der Waals surface area (Å²) in [5.41, 5.74) is 7.59. The van der Waals surface area contributed by atoms with Crippen LogP contribution in [0.15, 0.2) is 17.3 Å². The fourth-order valence-electron chi connectivity index (χ4n) is 4.20. The number of aromatic nitrogens is 2. The van der Waals surface area contributed by atoms with E-state index in [9.17, 15) is 0 Å². The molecule has 6 nitrogen and oxygen atoms in total. The predicted molar refractivity (Wildman–Crippen MR) is 113 cm³/mol. The average molecular weight is 460 g/mol. The highest BCUT2D eigenvalue weighted by molar-refractivity contribution is 14.0. The maximum atomic E-state index is 6.31. The van der Waals surface area contributed by atoms with E-state index in [2.05, 4.69) is 28.0 Å². The summed E-state index contributed by atoms with van der Waals surface area (Å²) in [6, 6.07) is 2.52. The first-order valence-electron chi connectivity index (χ1n) is 9.40. The normalized spacial score (nSPS) is 26.2. The molecule has 0 spiro atoms. The summed E-state index contributed by atoms with van der Waals surface area (Å²) in [6.45, 7) is 4.07. The fourth-order valence-corrected chi connectivity index (χ4v) is 4.20. The van der Waals surface area contributed by atoms with Crippen molar-refractivity contribution in [1.29, 1.82) is 0 Å². The second-order valence-electron chi connectivity index (χ2n) is 7.31. The first kappa shape index (κ1) is 20.5. The molecule has 25 heavy (non-hydrogen) atoms. The Labute approximate surface area is 168 Å². The molecule has 1 aromatic rings. The summed E-state index contributed by atoms with van der Waals surface area (Å²) in [5.74, 6) is 1.25. The molecule has 2 fully saturated rings. The largest absolute Gasteiger partial charge is 0.370 e. The number of guanidine groups is 1. The minimum absolute atomic E-state index is 0. The Kier molecular flexibility index (Phi) is 7.99. The van der Waals surface area contributed by atoms with Crippen LogP contribution in [0.1, 0.15) is 50.3 Å². The molecule has 2 saturated heterocycles. The third-order valence-electron chi connectivity index (χ3n) is 5.59. The lowest BCUT2D eigenvalue weighted by atomic mass is 9.87. The number of aliphatic imine (C=N–C) groups is 1. The van der Waals surface area contributed by atoms with Crippen molar-refractivity contribution in [3.05, 3.63) is 18.0 Å². The van der Waals surface area contributed by atoms with Gasteiger partial charge in [-0.05, 0) is 51.3 Å². The molecule has 2 aliphatic rings. The lowest BCUT2D eigenvalue weighted by Gasteiger charge is -2.38. The zero-order valence-electron chi connectivity index (χ0n) is 15.6. The van der Waals surface area contributed by atoms with E-state index >= 15 is 0 Å². The SMILES string of the molecule is CN1CCC[C@@H](CN=C(N)N2CCCCCC2)[C@@H]1c1ccnn1C.I. The molecule has 142 valence electrons. The lowest BCUT2D eigenvalue weighted by Crippen LogP contribution is -2.41. The molecule has 3 heterocycles. The number of hydrogen-bond donors (Lipinski definition) is 1. The van der Waals surface area contributed by atoms with Gasteiger partial charge in [0.1, 0.15) is 0 Å². The van der Waals surface area contributed by atoms with Crippen molar-refractivity contribution < 1.29 is 0 Å². The van der Waals surface area contributed by atoms with Crippen molar-refractivity contribution in [2.45, 2.75) is 44.6 Å². The van der Waals surface area contributed by atoms with E-state index < -0.39 is 0 Å². The molecular formula is C18H33IN6. The minimum atomic E-state index is 0. The number of rotatable bonds is 3. The smallest absolute Gasteiger partial charge is 0.191 e. The summed E-state index contributed by atoms with van der Waals surface area (Å²) < 4.78 is 2.00. The quantitative estimate of drug-likeness (QED) is 0.428. The molecule has 3 rings (SSSR count). The number of likely N-dealkylation sites (tertiary alicyclic amines) is 2. The Morgan fingerprint density at radius 2 is 1.88 bits per heavy atom. The number of hydrogen-bond acceptors (Lipinski definition) is 3. The molecular weight excluding hydrogens is 427 g/mol. The molecule has 2 atom stereocenters. The van der Waals surface area contributed by atoms with Crippen LogP contribution in [0.2, 0.25) is 0 Å². The van der Waals surface area contributed by atoms with Crippen molar-refractivity contribution >= 4 is 29.9 Å². The van der Waals surface area contributed by atoms with E-state index in [1.54, 1.807) is 0 Å². The third-order valence-corrected chi connectivity index (χ3v) is 5.59. The van der Waals surface area contributed by atoms with E-state index in [1.807, 2.05) is 17.9 Å². The van der Waals surface area contributed by atoms with Crippen LogP contribution in [0.25, 0.3) is 0 Å². The minimum Gasteiger partial charge on any atom is -0.370 e. The number of piperidine rings is 1. The summed E-state index contributed by atoms with van der Waals surface area (Å²) in [5, 5.41) is 4.36. The molecule has 2 N–H and O–H groups in total. The van der Waals surface area contributed by atoms with Crippen LogP contribution in [-0.2, 0) is 7.05 Å². The van der Waals surface area contributed by atoms with Gasteiger partial charge in [0.2, 0.25) is 0 Å². The van der Waals surface area contributed by atoms with Gasteiger partial charge in [-0.3, -0.25) is 14.6 Å². The molecule has 0 aliphatic carbocycles. The molecule has 1 aromatic heterocycles. The van der Waals surface area contributed by atoms with Gasteiger partial charge >= 0.3 is 0 Å². The molecule has 0 bridgehead atoms. The van der Waals surface area contributed by atoms with Crippen molar-refractivity contribution in [3.63, 3.8) is 0 Å². The van der Waals surface area contributed by atoms with Crippen LogP contribution in [0.5, 0.6) is 0 Å². The van der Waals surface area contributed by atoms with Gasteiger partial charge in [0.05, 0.1) is 11.7 Å². The molecule has 0 saturated carbocycles. The van der Waals surface area contributed by atoms with Crippen LogP contribution < -0.4 is 5.73 Å². The van der Waals surface area contributed by atoms with Crippen molar-refractivity contribution in [1.82, 2.24) is 19.6 Å². The summed E-state index contributed by atoms with van der Waals surface area (Å²) >= 11 is 0. The number of halogens is 1. The van der Waals surface area contributed by atoms with Crippen LogP contribution in [-0.4, -0.2) is 58.8 Å². The average Bonchev–Trinajstić information content (AvgIpc) is 2.84. The maximum absolute atomic E-state index is 6.31. The van der Waals surface area contributed by atoms with E-state index in [-0.39, 0.29) is 24.0 Å². The van der Waals surface area contributed by atoms with Crippen LogP contribution in [0.4, 0.5) is 0 Å². The summed E-state index contributed by atoms with van der Waals surface area (Å²) in [4.78, 5) is 9.53. The Bertz CT molecular complexity index is 550. The summed E-state index contributed by atoms with van der Waals surface area (Å²) in [7, 11) is 4.25. The Balaban J connectivity index is 0.00000225. The van der Waals surface area contributed by atoms with E-state index in [0.29, 0.717) is 12.0 Å². The molecule has 0 aromatic carbocycles. The van der Waals surface area contributed by atoms with E-state index in [0.717, 1.165) is 32.1 Å². The van der Waals surface area contributed by atoms with Crippen molar-refractivity contribution in [2.24, 2.45) is 23.7 Å². The molecule has 0 amide bonds. The van der Waals surface area contributed by atoms with Crippen LogP contribution >= 0.6 is 24.0 Å². The van der Waals surface area contributed by atoms with E-state index in [4.69, 9.17) is 10.7 Å². The van der Waals surface area contributed by atoms with Gasteiger partial charge in [0.15, 0.2) is 5.96 Å². The van der Waals surface area contributed by atoms with Crippen molar-refractivity contribution in [2.75, 3.05) is 33.2 Å². The fraction of sp³-hybridized carbons (Fsp3) is 0.778. The third kappa shape index (κ3) is 5.09. The topological polar surface area (TPSA) is 62.7 Å². The molecule has 2 aliphatic heterocycles. The first-order chi connectivity index (χ1) is 11.7. The number of nitrogens with zero attached hydrogens (tertiary/aromatic N) is 5. The second kappa shape index (κ2) is 9.75. The van der Waals surface area contributed by atoms with Crippen LogP contribution in [0.3, 0.4) is 0 Å². The number of aryl methyl sites for hydroxylation is 1. The Morgan fingerprint density at radius 1 is 1.16 bits per heavy atom. The van der Waals surface area contributed by atoms with Gasteiger partial charge in [0.25, 0.3) is 0 Å². The zero-order valence-corrected chi connectivity index (χ0v) is 17.9. The Hall–Kier alpha value is -0.830. The molecule has 7 heteroatoms. The lowest BCUT2D eigenvalue weighted by molar-refractivity contribution is 0.118. The molecule has 0 unspecified atom stereocenters. The van der Waals surface area contributed by atoms with Gasteiger partial charge in [-0.1, -0.05) is 12.8 Å². The van der Waals surface area contributed by atoms with Gasteiger partial charge in [-0.15, -0.1) is 24.0 Å². The summed E-state index contributed by atoms with van der Waals surface area (Å²) in [6.07, 6.45) is 9.44. The van der Waals surface area contributed by atoms with Crippen LogP contribution in [0, 0.1) is 5.92 Å². The van der Waals surface area contributed by atoms with Gasteiger partial charge in [-0.2, -0.15) is 5.10 Å². The first-order valence-corrected chi connectivity index (χ1v) is 9.40. The Morgan fingerprint density at radius 3 is 2.52 bits per heavy atom. The van der Waals surface area contributed by atoms with Gasteiger partial charge in [-0.25, -0.2) is 0 Å². The van der Waals surface area contributed by atoms with E-state index in [1.165, 1.54) is 44.2 Å². The highest BCUT2D eigenvalue weighted by Gasteiger charge is 2.32. The maximum Gasteiger partial charge on any atom is 0.191 e.